The molecule has 208 valence electrons. The summed E-state index contributed by atoms with van der Waals surface area (Å²) >= 11 is 0. The Morgan fingerprint density at radius 2 is 1.98 bits per heavy atom. The van der Waals surface area contributed by atoms with Gasteiger partial charge in [-0.3, -0.25) is 29.0 Å². The Hall–Kier alpha value is -3.91. The number of anilines is 2. The second kappa shape index (κ2) is 9.93. The predicted octanol–water partition coefficient (Wildman–Crippen LogP) is 1.21. The molecule has 0 spiro atoms. The molecule has 0 saturated carbocycles. The number of aromatic nitrogens is 4. The summed E-state index contributed by atoms with van der Waals surface area (Å²) in [4.78, 5) is 54.4. The van der Waals surface area contributed by atoms with E-state index in [4.69, 9.17) is 20.3 Å². The van der Waals surface area contributed by atoms with Gasteiger partial charge in [0.1, 0.15) is 12.3 Å². The smallest absolute Gasteiger partial charge is 0.390 e. The van der Waals surface area contributed by atoms with Crippen LogP contribution in [0.3, 0.4) is 0 Å². The first-order valence-electron chi connectivity index (χ1n) is 12.4. The second-order valence-electron chi connectivity index (χ2n) is 9.70. The summed E-state index contributed by atoms with van der Waals surface area (Å²) in [6, 6.07) is 14.0. The topological polar surface area (TPSA) is 215 Å². The maximum Gasteiger partial charge on any atom is 0.469 e. The van der Waals surface area contributed by atoms with Crippen molar-refractivity contribution >= 4 is 36.8 Å². The largest absolute Gasteiger partial charge is 0.469 e. The van der Waals surface area contributed by atoms with Crippen LogP contribution in [0, 0.1) is 0 Å². The zero-order valence-corrected chi connectivity index (χ0v) is 21.7. The molecule has 40 heavy (non-hydrogen) atoms. The van der Waals surface area contributed by atoms with Gasteiger partial charge in [-0.05, 0) is 34.2 Å². The van der Waals surface area contributed by atoms with Crippen LogP contribution in [0.25, 0.3) is 22.3 Å². The molecule has 4 aromatic rings. The highest BCUT2D eigenvalue weighted by Gasteiger charge is 2.39. The zero-order valence-electron chi connectivity index (χ0n) is 20.9. The maximum absolute atomic E-state index is 13.1. The Bertz CT molecular complexity index is 1750. The van der Waals surface area contributed by atoms with E-state index in [0.717, 1.165) is 23.1 Å². The van der Waals surface area contributed by atoms with Crippen molar-refractivity contribution in [2.75, 3.05) is 17.7 Å². The number of aliphatic hydroxyl groups excluding tert-OH is 1. The van der Waals surface area contributed by atoms with Crippen molar-refractivity contribution < 1.29 is 33.5 Å². The van der Waals surface area contributed by atoms with Crippen molar-refractivity contribution in [2.24, 2.45) is 0 Å². The van der Waals surface area contributed by atoms with E-state index in [1.165, 1.54) is 15.7 Å². The number of rotatable bonds is 7. The fourth-order valence-corrected chi connectivity index (χ4v) is 5.56. The molecule has 0 radical (unpaired) electrons. The van der Waals surface area contributed by atoms with E-state index in [-0.39, 0.29) is 35.9 Å². The molecule has 1 aliphatic carbocycles. The number of imidazole rings is 1. The molecule has 2 aromatic carbocycles. The van der Waals surface area contributed by atoms with Crippen LogP contribution < -0.4 is 16.6 Å². The third-order valence-corrected chi connectivity index (χ3v) is 7.43. The Labute approximate surface area is 226 Å². The number of aliphatic hydroxyl groups is 1. The van der Waals surface area contributed by atoms with Crippen molar-refractivity contribution in [3.8, 4) is 11.1 Å². The standard InChI is InChI=1S/C25H25N6O8P/c26-24-29-22-21(23(34)30-24)28-25(31(22)20-10-17(32)18(39-20)11-38-40(35,36)37)27-19(33)8-12-5-6-16-14(7-12)9-13-3-1-2-4-15(13)16/h1-7,17-18,20,32H,8-11H2,(H,27,28,33)(H2,35,36,37)(H3,26,29,30,34)/t17-,18+,20+/m0/s1. The van der Waals surface area contributed by atoms with Crippen LogP contribution in [-0.4, -0.2) is 59.1 Å². The van der Waals surface area contributed by atoms with Crippen LogP contribution in [0.2, 0.25) is 0 Å². The third kappa shape index (κ3) is 5.04. The van der Waals surface area contributed by atoms with Crippen LogP contribution >= 0.6 is 7.82 Å². The Balaban J connectivity index is 1.26. The van der Waals surface area contributed by atoms with Gasteiger partial charge in [0.25, 0.3) is 5.56 Å². The van der Waals surface area contributed by atoms with Gasteiger partial charge in [0, 0.05) is 6.42 Å². The van der Waals surface area contributed by atoms with E-state index < -0.39 is 44.3 Å². The molecule has 7 N–H and O–H groups in total. The number of nitrogens with one attached hydrogen (secondary N) is 2. The number of amides is 1. The highest BCUT2D eigenvalue weighted by atomic mass is 31.2. The van der Waals surface area contributed by atoms with Gasteiger partial charge < -0.3 is 25.4 Å². The number of nitrogen functional groups attached to an aromatic ring is 1. The number of carbonyl (C=O) groups is 1. The number of nitrogens with two attached hydrogens (primary N) is 1. The fourth-order valence-electron chi connectivity index (χ4n) is 5.22. The van der Waals surface area contributed by atoms with Gasteiger partial charge in [-0.1, -0.05) is 42.5 Å². The maximum atomic E-state index is 13.1. The number of hydrogen-bond donors (Lipinski definition) is 6. The van der Waals surface area contributed by atoms with Crippen molar-refractivity contribution in [3.05, 3.63) is 69.5 Å². The highest BCUT2D eigenvalue weighted by Crippen LogP contribution is 2.40. The molecule has 0 unspecified atom stereocenters. The van der Waals surface area contributed by atoms with Crippen LogP contribution in [0.1, 0.15) is 29.3 Å². The van der Waals surface area contributed by atoms with Gasteiger partial charge in [-0.2, -0.15) is 4.98 Å². The molecule has 14 nitrogen and oxygen atoms in total. The average Bonchev–Trinajstić information content (AvgIpc) is 3.54. The summed E-state index contributed by atoms with van der Waals surface area (Å²) in [6.45, 7) is -0.589. The third-order valence-electron chi connectivity index (χ3n) is 6.94. The summed E-state index contributed by atoms with van der Waals surface area (Å²) < 4.78 is 22.7. The number of H-pyrrole nitrogens is 1. The van der Waals surface area contributed by atoms with E-state index in [1.54, 1.807) is 0 Å². The van der Waals surface area contributed by atoms with Crippen molar-refractivity contribution in [1.29, 1.82) is 0 Å². The summed E-state index contributed by atoms with van der Waals surface area (Å²) in [5.41, 5.74) is 10.4. The number of hydrogen-bond acceptors (Lipinski definition) is 9. The first-order valence-corrected chi connectivity index (χ1v) is 13.9. The van der Waals surface area contributed by atoms with Crippen molar-refractivity contribution in [2.45, 2.75) is 37.7 Å². The minimum Gasteiger partial charge on any atom is -0.390 e. The van der Waals surface area contributed by atoms with Gasteiger partial charge >= 0.3 is 7.82 Å². The molecule has 2 aromatic heterocycles. The van der Waals surface area contributed by atoms with Crippen molar-refractivity contribution in [3.63, 3.8) is 0 Å². The molecular formula is C25H25N6O8P. The Morgan fingerprint density at radius 3 is 2.77 bits per heavy atom. The normalized spacial score (nSPS) is 20.0. The van der Waals surface area contributed by atoms with E-state index >= 15 is 0 Å². The van der Waals surface area contributed by atoms with Crippen LogP contribution in [-0.2, 0) is 31.5 Å². The molecule has 1 amide bonds. The lowest BCUT2D eigenvalue weighted by molar-refractivity contribution is -0.115. The predicted molar refractivity (Wildman–Crippen MR) is 142 cm³/mol. The fraction of sp³-hybridized carbons (Fsp3) is 0.280. The molecule has 2 aliphatic rings. The van der Waals surface area contributed by atoms with Gasteiger partial charge in [-0.25, -0.2) is 9.55 Å². The Kier molecular flexibility index (Phi) is 6.53. The average molecular weight is 568 g/mol. The van der Waals surface area contributed by atoms with Crippen LogP contribution in [0.15, 0.2) is 47.3 Å². The number of phosphoric ester groups is 1. The molecular weight excluding hydrogens is 543 g/mol. The number of phosphoric acid groups is 1. The van der Waals surface area contributed by atoms with E-state index in [9.17, 15) is 19.3 Å². The van der Waals surface area contributed by atoms with Gasteiger partial charge in [0.15, 0.2) is 11.2 Å². The number of carbonyl (C=O) groups excluding carboxylic acids is 1. The minimum absolute atomic E-state index is 0.000557. The highest BCUT2D eigenvalue weighted by molar-refractivity contribution is 7.46. The first kappa shape index (κ1) is 26.3. The molecule has 6 rings (SSSR count). The van der Waals surface area contributed by atoms with Gasteiger partial charge in [-0.15, -0.1) is 0 Å². The van der Waals surface area contributed by atoms with Crippen LogP contribution in [0.5, 0.6) is 0 Å². The molecule has 0 bridgehead atoms. The van der Waals surface area contributed by atoms with E-state index in [0.29, 0.717) is 0 Å². The SMILES string of the molecule is Nc1nc2c(nc(NC(=O)Cc3ccc4c(c3)Cc3ccccc3-4)n2[C@H]2C[C@H](O)[C@@H](COP(=O)(O)O)O2)c(=O)[nH]1. The molecule has 1 fully saturated rings. The molecule has 1 aliphatic heterocycles. The zero-order chi connectivity index (χ0) is 28.2. The molecule has 15 heteroatoms. The summed E-state index contributed by atoms with van der Waals surface area (Å²) in [5.74, 6) is -0.683. The van der Waals surface area contributed by atoms with Gasteiger partial charge in [0.2, 0.25) is 17.8 Å². The lowest BCUT2D eigenvalue weighted by Gasteiger charge is -2.18. The molecule has 1 saturated heterocycles. The quantitative estimate of drug-likeness (QED) is 0.153. The summed E-state index contributed by atoms with van der Waals surface area (Å²) in [7, 11) is -4.80. The number of ether oxygens (including phenoxy) is 1. The summed E-state index contributed by atoms with van der Waals surface area (Å²) in [5, 5.41) is 13.2. The lowest BCUT2D eigenvalue weighted by Crippen LogP contribution is -2.26. The Morgan fingerprint density at radius 1 is 1.20 bits per heavy atom. The van der Waals surface area contributed by atoms with E-state index in [1.807, 2.05) is 30.3 Å². The monoisotopic (exact) mass is 568 g/mol. The van der Waals surface area contributed by atoms with Crippen molar-refractivity contribution in [1.82, 2.24) is 19.5 Å². The minimum atomic E-state index is -4.80. The lowest BCUT2D eigenvalue weighted by atomic mass is 10.0. The second-order valence-corrected chi connectivity index (χ2v) is 10.9. The first-order chi connectivity index (χ1) is 19.1. The number of aromatic amines is 1. The number of fused-ring (bicyclic) bond motifs is 4. The van der Waals surface area contributed by atoms with E-state index in [2.05, 4.69) is 36.9 Å². The molecule has 3 heterocycles. The van der Waals surface area contributed by atoms with Crippen LogP contribution in [0.4, 0.5) is 11.9 Å². The summed E-state index contributed by atoms with van der Waals surface area (Å²) in [6.07, 6.45) is -2.55. The number of benzene rings is 2. The number of nitrogens with zero attached hydrogens (tertiary/aromatic N) is 3. The molecule has 3 atom stereocenters. The van der Waals surface area contributed by atoms with Gasteiger partial charge in [0.05, 0.1) is 19.1 Å².